The fraction of sp³-hybridized carbons (Fsp3) is 0.182. The van der Waals surface area contributed by atoms with Gasteiger partial charge in [-0.3, -0.25) is 14.2 Å². The molecule has 8 nitrogen and oxygen atoms in total. The van der Waals surface area contributed by atoms with E-state index >= 15 is 0 Å². The molecule has 152 valence electrons. The van der Waals surface area contributed by atoms with Crippen LogP contribution in [0.4, 0.5) is 0 Å². The number of hydrogen-bond donors (Lipinski definition) is 1. The summed E-state index contributed by atoms with van der Waals surface area (Å²) in [5, 5.41) is 7.39. The number of nitrogens with zero attached hydrogens (tertiary/aromatic N) is 3. The maximum absolute atomic E-state index is 12.8. The van der Waals surface area contributed by atoms with Crippen molar-refractivity contribution in [2.45, 2.75) is 20.0 Å². The highest BCUT2D eigenvalue weighted by molar-refractivity contribution is 5.93. The number of pyridine rings is 1. The zero-order valence-corrected chi connectivity index (χ0v) is 16.6. The van der Waals surface area contributed by atoms with Crippen molar-refractivity contribution in [1.29, 1.82) is 0 Å². The lowest BCUT2D eigenvalue weighted by Crippen LogP contribution is -2.32. The van der Waals surface area contributed by atoms with Gasteiger partial charge in [0.15, 0.2) is 5.82 Å². The summed E-state index contributed by atoms with van der Waals surface area (Å²) in [5.74, 6) is 1.16. The van der Waals surface area contributed by atoms with Gasteiger partial charge in [-0.25, -0.2) is 0 Å². The Balaban J connectivity index is 1.62. The van der Waals surface area contributed by atoms with Crippen molar-refractivity contribution in [2.24, 2.45) is 0 Å². The fourth-order valence-corrected chi connectivity index (χ4v) is 3.32. The van der Waals surface area contributed by atoms with Crippen LogP contribution in [-0.2, 0) is 17.9 Å². The minimum absolute atomic E-state index is 0.113. The lowest BCUT2D eigenvalue weighted by molar-refractivity contribution is -0.121. The van der Waals surface area contributed by atoms with E-state index in [0.717, 1.165) is 10.9 Å². The molecule has 0 spiro atoms. The van der Waals surface area contributed by atoms with Crippen molar-refractivity contribution >= 4 is 16.8 Å². The minimum atomic E-state index is -0.327. The average molecular weight is 404 g/mol. The van der Waals surface area contributed by atoms with E-state index < -0.39 is 0 Å². The normalized spacial score (nSPS) is 10.9. The first-order valence-electron chi connectivity index (χ1n) is 9.38. The van der Waals surface area contributed by atoms with E-state index in [4.69, 9.17) is 9.26 Å². The Morgan fingerprint density at radius 3 is 2.70 bits per heavy atom. The van der Waals surface area contributed by atoms with Crippen molar-refractivity contribution in [2.75, 3.05) is 7.11 Å². The lowest BCUT2D eigenvalue weighted by atomic mass is 10.1. The van der Waals surface area contributed by atoms with E-state index in [1.54, 1.807) is 20.1 Å². The molecular weight excluding hydrogens is 384 g/mol. The number of methoxy groups -OCH3 is 1. The lowest BCUT2D eigenvalue weighted by Gasteiger charge is -2.13. The number of carbonyl (C=O) groups is 1. The van der Waals surface area contributed by atoms with Crippen LogP contribution in [0.3, 0.4) is 0 Å². The van der Waals surface area contributed by atoms with Gasteiger partial charge in [-0.1, -0.05) is 41.6 Å². The largest absolute Gasteiger partial charge is 0.496 e. The third-order valence-electron chi connectivity index (χ3n) is 4.75. The molecule has 0 saturated carbocycles. The Bertz CT molecular complexity index is 1280. The first-order chi connectivity index (χ1) is 14.6. The second kappa shape index (κ2) is 8.20. The molecule has 0 atom stereocenters. The van der Waals surface area contributed by atoms with Crippen LogP contribution in [0.2, 0.25) is 0 Å². The summed E-state index contributed by atoms with van der Waals surface area (Å²) in [4.78, 5) is 29.6. The summed E-state index contributed by atoms with van der Waals surface area (Å²) < 4.78 is 12.0. The van der Waals surface area contributed by atoms with E-state index in [9.17, 15) is 9.59 Å². The number of fused-ring (bicyclic) bond motifs is 1. The van der Waals surface area contributed by atoms with Crippen molar-refractivity contribution in [3.63, 3.8) is 0 Å². The van der Waals surface area contributed by atoms with Gasteiger partial charge in [0.1, 0.15) is 12.3 Å². The van der Waals surface area contributed by atoms with Crippen LogP contribution in [0.25, 0.3) is 22.4 Å². The summed E-state index contributed by atoms with van der Waals surface area (Å²) in [7, 11) is 1.58. The van der Waals surface area contributed by atoms with Gasteiger partial charge in [-0.2, -0.15) is 4.98 Å². The molecule has 4 aromatic rings. The molecule has 2 aromatic carbocycles. The van der Waals surface area contributed by atoms with Crippen molar-refractivity contribution in [1.82, 2.24) is 20.0 Å². The molecule has 0 bridgehead atoms. The molecule has 0 radical (unpaired) electrons. The van der Waals surface area contributed by atoms with Crippen LogP contribution < -0.4 is 15.6 Å². The second-order valence-electron chi connectivity index (χ2n) is 6.73. The fourth-order valence-electron chi connectivity index (χ4n) is 3.32. The molecule has 1 N–H and O–H groups in total. The number of aryl methyl sites for hydroxylation is 1. The van der Waals surface area contributed by atoms with Gasteiger partial charge < -0.3 is 14.6 Å². The number of aromatic nitrogens is 3. The van der Waals surface area contributed by atoms with Crippen LogP contribution >= 0.6 is 0 Å². The SMILES string of the molecule is COc1ccccc1CNC(=O)Cn1c(=O)cc(-c2nc(C)no2)c2ccccc21. The smallest absolute Gasteiger partial charge is 0.258 e. The van der Waals surface area contributed by atoms with E-state index in [-0.39, 0.29) is 23.9 Å². The monoisotopic (exact) mass is 404 g/mol. The number of nitrogens with one attached hydrogen (secondary N) is 1. The number of carbonyl (C=O) groups excluding carboxylic acids is 1. The number of rotatable bonds is 6. The third-order valence-corrected chi connectivity index (χ3v) is 4.75. The van der Waals surface area contributed by atoms with Crippen LogP contribution in [-0.4, -0.2) is 27.7 Å². The topological polar surface area (TPSA) is 99.2 Å². The quantitative estimate of drug-likeness (QED) is 0.530. The molecule has 4 rings (SSSR count). The van der Waals surface area contributed by atoms with E-state index in [2.05, 4.69) is 15.5 Å². The highest BCUT2D eigenvalue weighted by Gasteiger charge is 2.16. The zero-order chi connectivity index (χ0) is 21.1. The Labute approximate surface area is 172 Å². The van der Waals surface area contributed by atoms with Crippen molar-refractivity contribution in [3.8, 4) is 17.2 Å². The van der Waals surface area contributed by atoms with Gasteiger partial charge in [0, 0.05) is 23.6 Å². The predicted molar refractivity (Wildman–Crippen MR) is 111 cm³/mol. The summed E-state index contributed by atoms with van der Waals surface area (Å²) in [5.41, 5.74) is 1.69. The van der Waals surface area contributed by atoms with Crippen molar-refractivity contribution in [3.05, 3.63) is 76.3 Å². The number of hydrogen-bond acceptors (Lipinski definition) is 6. The number of ether oxygens (including phenoxy) is 1. The number of para-hydroxylation sites is 2. The molecule has 0 aliphatic carbocycles. The summed E-state index contributed by atoms with van der Waals surface area (Å²) in [6.07, 6.45) is 0. The Hall–Kier alpha value is -3.94. The third kappa shape index (κ3) is 3.80. The van der Waals surface area contributed by atoms with Crippen LogP contribution in [0, 0.1) is 6.92 Å². The maximum atomic E-state index is 12.8. The molecule has 8 heteroatoms. The molecule has 0 fully saturated rings. The first-order valence-corrected chi connectivity index (χ1v) is 9.38. The molecule has 2 heterocycles. The van der Waals surface area contributed by atoms with E-state index in [0.29, 0.717) is 29.2 Å². The van der Waals surface area contributed by atoms with Gasteiger partial charge in [-0.15, -0.1) is 0 Å². The highest BCUT2D eigenvalue weighted by atomic mass is 16.5. The van der Waals surface area contributed by atoms with Gasteiger partial charge in [-0.05, 0) is 19.1 Å². The molecule has 0 aliphatic rings. The predicted octanol–water partition coefficient (Wildman–Crippen LogP) is 2.68. The Kier molecular flexibility index (Phi) is 5.30. The van der Waals surface area contributed by atoms with Crippen molar-refractivity contribution < 1.29 is 14.1 Å². The Morgan fingerprint density at radius 2 is 1.93 bits per heavy atom. The molecule has 0 unspecified atom stereocenters. The summed E-state index contributed by atoms with van der Waals surface area (Å²) in [6, 6.07) is 16.2. The summed E-state index contributed by atoms with van der Waals surface area (Å²) >= 11 is 0. The summed E-state index contributed by atoms with van der Waals surface area (Å²) in [6.45, 7) is 1.90. The number of amides is 1. The highest BCUT2D eigenvalue weighted by Crippen LogP contribution is 2.25. The molecule has 30 heavy (non-hydrogen) atoms. The number of benzene rings is 2. The van der Waals surface area contributed by atoms with E-state index in [1.807, 2.05) is 42.5 Å². The molecule has 2 aromatic heterocycles. The van der Waals surface area contributed by atoms with Gasteiger partial charge in [0.2, 0.25) is 5.91 Å². The van der Waals surface area contributed by atoms with Crippen LogP contribution in [0.15, 0.2) is 63.9 Å². The van der Waals surface area contributed by atoms with E-state index in [1.165, 1.54) is 10.6 Å². The first kappa shape index (κ1) is 19.4. The second-order valence-corrected chi connectivity index (χ2v) is 6.73. The van der Waals surface area contributed by atoms with Crippen LogP contribution in [0.1, 0.15) is 11.4 Å². The average Bonchev–Trinajstić information content (AvgIpc) is 3.20. The van der Waals surface area contributed by atoms with Gasteiger partial charge >= 0.3 is 0 Å². The van der Waals surface area contributed by atoms with Crippen LogP contribution in [0.5, 0.6) is 5.75 Å². The maximum Gasteiger partial charge on any atom is 0.258 e. The molecule has 1 amide bonds. The zero-order valence-electron chi connectivity index (χ0n) is 16.6. The van der Waals surface area contributed by atoms with Gasteiger partial charge in [0.25, 0.3) is 11.4 Å². The Morgan fingerprint density at radius 1 is 1.17 bits per heavy atom. The van der Waals surface area contributed by atoms with Gasteiger partial charge in [0.05, 0.1) is 18.2 Å². The molecular formula is C22H20N4O4. The minimum Gasteiger partial charge on any atom is -0.496 e. The standard InChI is InChI=1S/C22H20N4O4/c1-14-24-22(30-25-14)17-11-21(28)26(18-9-5-4-8-16(17)18)13-20(27)23-12-15-7-3-6-10-19(15)29-2/h3-11H,12-13H2,1-2H3,(H,23,27). The molecule has 0 aliphatic heterocycles. The molecule has 0 saturated heterocycles.